The number of aromatic hydroxyl groups is 1. The molecule has 0 bridgehead atoms. The summed E-state index contributed by atoms with van der Waals surface area (Å²) in [7, 11) is 2.83. The quantitative estimate of drug-likeness (QED) is 0.795. The molecule has 0 aliphatic rings. The second-order valence-corrected chi connectivity index (χ2v) is 4.69. The van der Waals surface area contributed by atoms with Crippen molar-refractivity contribution in [2.75, 3.05) is 14.2 Å². The minimum atomic E-state index is -0.918. The predicted octanol–water partition coefficient (Wildman–Crippen LogP) is 3.28. The Morgan fingerprint density at radius 2 is 1.70 bits per heavy atom. The van der Waals surface area contributed by atoms with Crippen molar-refractivity contribution < 1.29 is 24.1 Å². The summed E-state index contributed by atoms with van der Waals surface area (Å²) in [5, 5.41) is 9.98. The summed E-state index contributed by atoms with van der Waals surface area (Å²) in [6.07, 6.45) is 0.276. The van der Waals surface area contributed by atoms with E-state index < -0.39 is 6.10 Å². The summed E-state index contributed by atoms with van der Waals surface area (Å²) in [6, 6.07) is 12.0. The lowest BCUT2D eigenvalue weighted by Gasteiger charge is -2.19. The molecule has 0 fully saturated rings. The Bertz CT molecular complexity index is 669. The summed E-state index contributed by atoms with van der Waals surface area (Å²) >= 11 is 0. The molecule has 1 unspecified atom stereocenters. The van der Waals surface area contributed by atoms with E-state index in [2.05, 4.69) is 6.58 Å². The van der Waals surface area contributed by atoms with Crippen molar-refractivity contribution >= 4 is 5.78 Å². The highest BCUT2D eigenvalue weighted by Gasteiger charge is 2.24. The molecule has 0 saturated heterocycles. The molecule has 1 atom stereocenters. The standard InChI is InChI=1S/C18H18O5/c1-4-14(19)18(23-13-8-6-5-7-9-13)12-10-15(21-2)17(20)16(11-12)22-3/h4-11,18,20H,1H2,2-3H3. The van der Waals surface area contributed by atoms with Crippen LogP contribution in [0, 0.1) is 0 Å². The first-order chi connectivity index (χ1) is 11.1. The van der Waals surface area contributed by atoms with Gasteiger partial charge in [-0.2, -0.15) is 0 Å². The van der Waals surface area contributed by atoms with Crippen LogP contribution in [0.5, 0.6) is 23.0 Å². The van der Waals surface area contributed by atoms with Gasteiger partial charge in [-0.05, 0) is 30.3 Å². The molecule has 2 aromatic carbocycles. The van der Waals surface area contributed by atoms with Gasteiger partial charge in [-0.3, -0.25) is 4.79 Å². The SMILES string of the molecule is C=CC(=O)C(Oc1ccccc1)c1cc(OC)c(O)c(OC)c1. The van der Waals surface area contributed by atoms with Gasteiger partial charge in [0.1, 0.15) is 5.75 Å². The molecule has 0 heterocycles. The van der Waals surface area contributed by atoms with Crippen LogP contribution in [-0.2, 0) is 4.79 Å². The summed E-state index contributed by atoms with van der Waals surface area (Å²) in [4.78, 5) is 12.2. The van der Waals surface area contributed by atoms with Crippen LogP contribution in [0.2, 0.25) is 0 Å². The van der Waals surface area contributed by atoms with Crippen molar-refractivity contribution in [2.45, 2.75) is 6.10 Å². The van der Waals surface area contributed by atoms with E-state index in [0.29, 0.717) is 11.3 Å². The highest BCUT2D eigenvalue weighted by Crippen LogP contribution is 2.39. The number of phenols is 1. The topological polar surface area (TPSA) is 65.0 Å². The van der Waals surface area contributed by atoms with E-state index in [9.17, 15) is 9.90 Å². The lowest BCUT2D eigenvalue weighted by Crippen LogP contribution is -2.17. The van der Waals surface area contributed by atoms with Gasteiger partial charge in [0.2, 0.25) is 5.75 Å². The van der Waals surface area contributed by atoms with Crippen LogP contribution in [0.4, 0.5) is 0 Å². The zero-order valence-electron chi connectivity index (χ0n) is 13.0. The van der Waals surface area contributed by atoms with Crippen LogP contribution in [0.15, 0.2) is 55.1 Å². The molecule has 2 rings (SSSR count). The van der Waals surface area contributed by atoms with E-state index in [1.54, 1.807) is 12.1 Å². The first-order valence-electron chi connectivity index (χ1n) is 6.93. The monoisotopic (exact) mass is 314 g/mol. The largest absolute Gasteiger partial charge is 0.502 e. The third-order valence-corrected chi connectivity index (χ3v) is 3.26. The number of benzene rings is 2. The van der Waals surface area contributed by atoms with E-state index in [1.165, 1.54) is 32.4 Å². The van der Waals surface area contributed by atoms with Gasteiger partial charge in [0.15, 0.2) is 23.4 Å². The van der Waals surface area contributed by atoms with Crippen molar-refractivity contribution in [1.29, 1.82) is 0 Å². The number of para-hydroxylation sites is 1. The van der Waals surface area contributed by atoms with Crippen LogP contribution in [0.1, 0.15) is 11.7 Å². The molecule has 0 aliphatic heterocycles. The smallest absolute Gasteiger partial charge is 0.200 e. The number of ketones is 1. The number of ether oxygens (including phenoxy) is 3. The lowest BCUT2D eigenvalue weighted by molar-refractivity contribution is -0.121. The van der Waals surface area contributed by atoms with E-state index in [1.807, 2.05) is 18.2 Å². The Balaban J connectivity index is 2.47. The number of carbonyl (C=O) groups is 1. The van der Waals surface area contributed by atoms with Crippen LogP contribution in [0.25, 0.3) is 0 Å². The lowest BCUT2D eigenvalue weighted by atomic mass is 10.0. The zero-order chi connectivity index (χ0) is 16.8. The fraction of sp³-hybridized carbons (Fsp3) is 0.167. The van der Waals surface area contributed by atoms with E-state index >= 15 is 0 Å². The zero-order valence-corrected chi connectivity index (χ0v) is 13.0. The van der Waals surface area contributed by atoms with Gasteiger partial charge in [0.05, 0.1) is 14.2 Å². The summed E-state index contributed by atoms with van der Waals surface area (Å²) in [5.74, 6) is 0.473. The fourth-order valence-corrected chi connectivity index (χ4v) is 2.10. The van der Waals surface area contributed by atoms with Crippen LogP contribution < -0.4 is 14.2 Å². The third kappa shape index (κ3) is 3.63. The van der Waals surface area contributed by atoms with Gasteiger partial charge < -0.3 is 19.3 Å². The van der Waals surface area contributed by atoms with Crippen molar-refractivity contribution in [2.24, 2.45) is 0 Å². The highest BCUT2D eigenvalue weighted by atomic mass is 16.5. The van der Waals surface area contributed by atoms with E-state index in [0.717, 1.165) is 0 Å². The Morgan fingerprint density at radius 1 is 1.13 bits per heavy atom. The normalized spacial score (nSPS) is 11.4. The number of phenolic OH excluding ortho intramolecular Hbond substituents is 1. The molecule has 5 nitrogen and oxygen atoms in total. The van der Waals surface area contributed by atoms with Crippen molar-refractivity contribution in [1.82, 2.24) is 0 Å². The predicted molar refractivity (Wildman–Crippen MR) is 86.2 cm³/mol. The second-order valence-electron chi connectivity index (χ2n) is 4.69. The number of methoxy groups -OCH3 is 2. The van der Waals surface area contributed by atoms with Gasteiger partial charge >= 0.3 is 0 Å². The summed E-state index contributed by atoms with van der Waals surface area (Å²) in [5.41, 5.74) is 0.491. The molecule has 120 valence electrons. The van der Waals surface area contributed by atoms with E-state index in [-0.39, 0.29) is 23.0 Å². The molecule has 0 radical (unpaired) electrons. The molecule has 1 N–H and O–H groups in total. The maximum absolute atomic E-state index is 12.2. The van der Waals surface area contributed by atoms with Gasteiger partial charge in [-0.15, -0.1) is 0 Å². The molecule has 5 heteroatoms. The van der Waals surface area contributed by atoms with Gasteiger partial charge in [-0.1, -0.05) is 24.8 Å². The second kappa shape index (κ2) is 7.35. The van der Waals surface area contributed by atoms with Gasteiger partial charge in [-0.25, -0.2) is 0 Å². The molecule has 0 aromatic heterocycles. The Morgan fingerprint density at radius 3 is 2.17 bits per heavy atom. The number of carbonyl (C=O) groups excluding carboxylic acids is 1. The number of rotatable bonds is 7. The molecule has 0 aliphatic carbocycles. The van der Waals surface area contributed by atoms with E-state index in [4.69, 9.17) is 14.2 Å². The minimum absolute atomic E-state index is 0.136. The van der Waals surface area contributed by atoms with Gasteiger partial charge in [0, 0.05) is 5.56 Å². The summed E-state index contributed by atoms with van der Waals surface area (Å²) in [6.45, 7) is 3.51. The molecule has 2 aromatic rings. The van der Waals surface area contributed by atoms with Crippen molar-refractivity contribution in [3.05, 3.63) is 60.7 Å². The first kappa shape index (κ1) is 16.4. The Hall–Kier alpha value is -2.95. The average molecular weight is 314 g/mol. The van der Waals surface area contributed by atoms with Crippen molar-refractivity contribution in [3.8, 4) is 23.0 Å². The maximum atomic E-state index is 12.2. The average Bonchev–Trinajstić information content (AvgIpc) is 2.60. The maximum Gasteiger partial charge on any atom is 0.200 e. The Kier molecular flexibility index (Phi) is 5.25. The molecule has 0 amide bonds. The first-order valence-corrected chi connectivity index (χ1v) is 6.93. The van der Waals surface area contributed by atoms with Crippen molar-refractivity contribution in [3.63, 3.8) is 0 Å². The number of hydrogen-bond acceptors (Lipinski definition) is 5. The van der Waals surface area contributed by atoms with Gasteiger partial charge in [0.25, 0.3) is 0 Å². The summed E-state index contributed by atoms with van der Waals surface area (Å²) < 4.78 is 16.0. The third-order valence-electron chi connectivity index (χ3n) is 3.26. The van der Waals surface area contributed by atoms with Crippen LogP contribution in [0.3, 0.4) is 0 Å². The van der Waals surface area contributed by atoms with Crippen LogP contribution >= 0.6 is 0 Å². The number of hydrogen-bond donors (Lipinski definition) is 1. The Labute approximate surface area is 134 Å². The molecule has 0 spiro atoms. The molecule has 23 heavy (non-hydrogen) atoms. The minimum Gasteiger partial charge on any atom is -0.502 e. The molecular weight excluding hydrogens is 296 g/mol. The molecule has 0 saturated carbocycles. The highest BCUT2D eigenvalue weighted by molar-refractivity contribution is 5.94. The van der Waals surface area contributed by atoms with Crippen LogP contribution in [-0.4, -0.2) is 25.1 Å². The fourth-order valence-electron chi connectivity index (χ4n) is 2.10. The molecular formula is C18H18O5.